The third-order valence-corrected chi connectivity index (χ3v) is 5.97. The van der Waals surface area contributed by atoms with Crippen LogP contribution in [0, 0.1) is 0 Å². The normalized spacial score (nSPS) is 23.0. The number of hydrogen-bond acceptors (Lipinski definition) is 6. The van der Waals surface area contributed by atoms with E-state index < -0.39 is 0 Å². The molecule has 0 unspecified atom stereocenters. The van der Waals surface area contributed by atoms with Crippen molar-refractivity contribution >= 4 is 0 Å². The summed E-state index contributed by atoms with van der Waals surface area (Å²) < 4.78 is 8.00. The highest BCUT2D eigenvalue weighted by atomic mass is 16.5. The molecule has 0 N–H and O–H groups in total. The molecule has 0 spiro atoms. The van der Waals surface area contributed by atoms with Gasteiger partial charge in [-0.15, -0.1) is 10.2 Å². The van der Waals surface area contributed by atoms with Gasteiger partial charge in [-0.25, -0.2) is 0 Å². The molecule has 2 atom stereocenters. The number of fused-ring (bicyclic) bond motifs is 1. The van der Waals surface area contributed by atoms with Crippen LogP contribution < -0.4 is 0 Å². The molecule has 2 aliphatic heterocycles. The summed E-state index contributed by atoms with van der Waals surface area (Å²) in [5, 5.41) is 13.3. The molecule has 0 amide bonds. The van der Waals surface area contributed by atoms with E-state index in [0.717, 1.165) is 44.2 Å². The van der Waals surface area contributed by atoms with E-state index in [2.05, 4.69) is 57.5 Å². The lowest BCUT2D eigenvalue weighted by atomic mass is 9.95. The van der Waals surface area contributed by atoms with Gasteiger partial charge in [-0.1, -0.05) is 32.3 Å². The van der Waals surface area contributed by atoms with Crippen LogP contribution in [0.2, 0.25) is 0 Å². The zero-order chi connectivity index (χ0) is 19.0. The average Bonchev–Trinajstić information content (AvgIpc) is 3.23. The molecule has 0 radical (unpaired) electrons. The first kappa shape index (κ1) is 18.6. The van der Waals surface area contributed by atoms with Crippen molar-refractivity contribution in [1.82, 2.24) is 29.8 Å². The fraction of sp³-hybridized carbons (Fsp3) is 0.800. The van der Waals surface area contributed by atoms with Crippen molar-refractivity contribution in [3.8, 4) is 0 Å². The number of aryl methyl sites for hydroxylation is 1. The molecular weight excluding hydrogens is 340 g/mol. The number of aromatic nitrogens is 5. The maximum Gasteiger partial charge on any atom is 0.243 e. The lowest BCUT2D eigenvalue weighted by Crippen LogP contribution is -2.37. The molecule has 0 saturated carbocycles. The Morgan fingerprint density at radius 3 is 2.70 bits per heavy atom. The quantitative estimate of drug-likeness (QED) is 0.819. The monoisotopic (exact) mass is 372 g/mol. The molecule has 2 aromatic rings. The van der Waals surface area contributed by atoms with Crippen LogP contribution in [0.15, 0.2) is 4.52 Å². The lowest BCUT2D eigenvalue weighted by molar-refractivity contribution is 0.129. The van der Waals surface area contributed by atoms with Crippen LogP contribution in [-0.4, -0.2) is 42.9 Å². The summed E-state index contributed by atoms with van der Waals surface area (Å²) in [5.41, 5.74) is -0.0923. The van der Waals surface area contributed by atoms with Crippen LogP contribution >= 0.6 is 0 Å². The highest BCUT2D eigenvalue weighted by Crippen LogP contribution is 2.32. The summed E-state index contributed by atoms with van der Waals surface area (Å²) >= 11 is 0. The first-order chi connectivity index (χ1) is 12.9. The Morgan fingerprint density at radius 2 is 1.93 bits per heavy atom. The molecule has 4 heterocycles. The van der Waals surface area contributed by atoms with Crippen molar-refractivity contribution in [2.45, 2.75) is 90.1 Å². The third kappa shape index (κ3) is 3.79. The Kier molecular flexibility index (Phi) is 5.05. The van der Waals surface area contributed by atoms with Gasteiger partial charge in [-0.3, -0.25) is 4.90 Å². The van der Waals surface area contributed by atoms with Gasteiger partial charge >= 0.3 is 0 Å². The molecule has 1 fully saturated rings. The van der Waals surface area contributed by atoms with Crippen LogP contribution in [0.1, 0.15) is 95.1 Å². The fourth-order valence-corrected chi connectivity index (χ4v) is 4.24. The second kappa shape index (κ2) is 7.34. The molecule has 7 heteroatoms. The minimum atomic E-state index is -0.0923. The molecule has 0 aliphatic carbocycles. The molecule has 0 bridgehead atoms. The Bertz CT molecular complexity index is 774. The van der Waals surface area contributed by atoms with Gasteiger partial charge in [-0.2, -0.15) is 4.98 Å². The zero-order valence-corrected chi connectivity index (χ0v) is 17.1. The molecule has 0 aromatic carbocycles. The van der Waals surface area contributed by atoms with Gasteiger partial charge in [0.2, 0.25) is 5.89 Å². The van der Waals surface area contributed by atoms with Crippen molar-refractivity contribution in [2.75, 3.05) is 13.1 Å². The Balaban J connectivity index is 1.50. The van der Waals surface area contributed by atoms with Gasteiger partial charge in [0.05, 0.1) is 6.04 Å². The molecule has 4 rings (SSSR count). The standard InChI is InChI=1S/C20H32N6O/c1-14(18-21-19(24-27-18)20(2,3)4)25-11-8-9-15(13-25)17-23-22-16-10-6-5-7-12-26(16)17/h14-15H,5-13H2,1-4H3/t14-,15+/m0/s1. The summed E-state index contributed by atoms with van der Waals surface area (Å²) in [6.07, 6.45) is 7.18. The summed E-state index contributed by atoms with van der Waals surface area (Å²) in [7, 11) is 0. The van der Waals surface area contributed by atoms with Gasteiger partial charge in [0.1, 0.15) is 11.6 Å². The predicted octanol–water partition coefficient (Wildman–Crippen LogP) is 3.63. The third-order valence-electron chi connectivity index (χ3n) is 5.97. The highest BCUT2D eigenvalue weighted by molar-refractivity contribution is 5.07. The van der Waals surface area contributed by atoms with Crippen molar-refractivity contribution < 1.29 is 4.52 Å². The number of hydrogen-bond donors (Lipinski definition) is 0. The summed E-state index contributed by atoms with van der Waals surface area (Å²) in [6, 6.07) is 0.128. The van der Waals surface area contributed by atoms with Crippen LogP contribution in [0.25, 0.3) is 0 Å². The average molecular weight is 373 g/mol. The van der Waals surface area contributed by atoms with E-state index in [9.17, 15) is 0 Å². The molecule has 2 aliphatic rings. The Morgan fingerprint density at radius 1 is 1.07 bits per heavy atom. The zero-order valence-electron chi connectivity index (χ0n) is 17.1. The lowest BCUT2D eigenvalue weighted by Gasteiger charge is -2.35. The van der Waals surface area contributed by atoms with Crippen LogP contribution in [0.3, 0.4) is 0 Å². The first-order valence-electron chi connectivity index (χ1n) is 10.4. The second-order valence-corrected chi connectivity index (χ2v) is 9.15. The summed E-state index contributed by atoms with van der Waals surface area (Å²) in [4.78, 5) is 7.14. The SMILES string of the molecule is C[C@@H](c1nc(C(C)(C)C)no1)N1CCC[C@@H](c2nnc3n2CCCCC3)C1. The number of rotatable bonds is 3. The van der Waals surface area contributed by atoms with Crippen molar-refractivity contribution in [3.05, 3.63) is 23.4 Å². The van der Waals surface area contributed by atoms with Gasteiger partial charge in [0.25, 0.3) is 0 Å². The van der Waals surface area contributed by atoms with Gasteiger partial charge < -0.3 is 9.09 Å². The maximum atomic E-state index is 5.60. The van der Waals surface area contributed by atoms with Gasteiger partial charge in [0.15, 0.2) is 5.82 Å². The molecule has 1 saturated heterocycles. The molecule has 27 heavy (non-hydrogen) atoms. The summed E-state index contributed by atoms with van der Waals surface area (Å²) in [6.45, 7) is 11.6. The number of piperidine rings is 1. The Hall–Kier alpha value is -1.76. The van der Waals surface area contributed by atoms with Crippen molar-refractivity contribution in [3.63, 3.8) is 0 Å². The molecule has 2 aromatic heterocycles. The molecule has 7 nitrogen and oxygen atoms in total. The number of likely N-dealkylation sites (tertiary alicyclic amines) is 1. The highest BCUT2D eigenvalue weighted by Gasteiger charge is 2.32. The largest absolute Gasteiger partial charge is 0.338 e. The van der Waals surface area contributed by atoms with E-state index in [0.29, 0.717) is 5.92 Å². The van der Waals surface area contributed by atoms with Crippen LogP contribution in [-0.2, 0) is 18.4 Å². The van der Waals surface area contributed by atoms with Crippen LogP contribution in [0.4, 0.5) is 0 Å². The number of nitrogens with zero attached hydrogens (tertiary/aromatic N) is 6. The van der Waals surface area contributed by atoms with Gasteiger partial charge in [0, 0.05) is 30.8 Å². The van der Waals surface area contributed by atoms with Gasteiger partial charge in [-0.05, 0) is 39.2 Å². The Labute approximate surface area is 161 Å². The van der Waals surface area contributed by atoms with Crippen LogP contribution in [0.5, 0.6) is 0 Å². The topological polar surface area (TPSA) is 72.9 Å². The smallest absolute Gasteiger partial charge is 0.243 e. The van der Waals surface area contributed by atoms with Crippen molar-refractivity contribution in [2.24, 2.45) is 0 Å². The predicted molar refractivity (Wildman–Crippen MR) is 103 cm³/mol. The minimum absolute atomic E-state index is 0.0923. The van der Waals surface area contributed by atoms with E-state index in [4.69, 9.17) is 4.52 Å². The minimum Gasteiger partial charge on any atom is -0.338 e. The summed E-state index contributed by atoms with van der Waals surface area (Å²) in [5.74, 6) is 4.30. The van der Waals surface area contributed by atoms with E-state index in [1.54, 1.807) is 0 Å². The van der Waals surface area contributed by atoms with E-state index in [1.165, 1.54) is 37.3 Å². The molecular formula is C20H32N6O. The maximum absolute atomic E-state index is 5.60. The van der Waals surface area contributed by atoms with E-state index in [1.807, 2.05) is 0 Å². The van der Waals surface area contributed by atoms with Crippen molar-refractivity contribution in [1.29, 1.82) is 0 Å². The fourth-order valence-electron chi connectivity index (χ4n) is 4.24. The van der Waals surface area contributed by atoms with E-state index in [-0.39, 0.29) is 11.5 Å². The second-order valence-electron chi connectivity index (χ2n) is 9.15. The molecule has 148 valence electrons. The first-order valence-corrected chi connectivity index (χ1v) is 10.4. The van der Waals surface area contributed by atoms with E-state index >= 15 is 0 Å².